The van der Waals surface area contributed by atoms with Crippen LogP contribution in [0.4, 0.5) is 5.69 Å². The van der Waals surface area contributed by atoms with Crippen LogP contribution in [0.15, 0.2) is 48.5 Å². The molecule has 2 aliphatic heterocycles. The number of rotatable bonds is 1. The van der Waals surface area contributed by atoms with Gasteiger partial charge in [-0.1, -0.05) is 43.1 Å². The molecule has 0 atom stereocenters. The van der Waals surface area contributed by atoms with Gasteiger partial charge in [0.05, 0.1) is 13.2 Å². The van der Waals surface area contributed by atoms with Gasteiger partial charge in [0.1, 0.15) is 0 Å². The molecule has 2 saturated heterocycles. The van der Waals surface area contributed by atoms with Gasteiger partial charge in [0.2, 0.25) is 5.02 Å². The Morgan fingerprint density at radius 1 is 0.893 bits per heavy atom. The van der Waals surface area contributed by atoms with Crippen molar-refractivity contribution < 1.29 is 21.1 Å². The minimum Gasteiger partial charge on any atom is -0.371 e. The molecule has 2 fully saturated rings. The molecule has 1 spiro atoms. The first kappa shape index (κ1) is 23.0. The molecule has 3 nitrogen and oxygen atoms in total. The van der Waals surface area contributed by atoms with Crippen LogP contribution in [0, 0.1) is 18.5 Å². The highest BCUT2D eigenvalue weighted by Crippen LogP contribution is 2.32. The van der Waals surface area contributed by atoms with Gasteiger partial charge in [0, 0.05) is 48.8 Å². The number of nitrogens with zero attached hydrogens (tertiary/aromatic N) is 1. The molecule has 0 bridgehead atoms. The largest absolute Gasteiger partial charge is 0.371 e. The van der Waals surface area contributed by atoms with E-state index in [1.54, 1.807) is 0 Å². The maximum atomic E-state index is 5.92. The Morgan fingerprint density at radius 3 is 2.07 bits per heavy atom. The standard InChI is InChI=1S/C14H18ClNO2.C7H8Cl.C2H6/c15-12-2-4-13(5-3-12)16-8-1-6-14(7-9-16)17-10-11-18-14;1-6-2-4-7(8)5-3-6;1-2/h2-5H,1,6-11H2;2-5,8H,1H3;1-2H3/q;+1;. The van der Waals surface area contributed by atoms with Crippen LogP contribution in [-0.4, -0.2) is 32.1 Å². The molecule has 0 aliphatic carbocycles. The van der Waals surface area contributed by atoms with Crippen molar-refractivity contribution in [2.45, 2.75) is 45.8 Å². The molecule has 0 amide bonds. The van der Waals surface area contributed by atoms with Gasteiger partial charge in [-0.2, -0.15) is 0 Å². The van der Waals surface area contributed by atoms with Crippen molar-refractivity contribution in [1.82, 2.24) is 0 Å². The van der Waals surface area contributed by atoms with Gasteiger partial charge >= 0.3 is 0 Å². The minimum atomic E-state index is -0.304. The fourth-order valence-corrected chi connectivity index (χ4v) is 3.58. The van der Waals surface area contributed by atoms with E-state index in [2.05, 4.69) is 24.0 Å². The molecule has 2 aromatic rings. The number of halogens is 2. The Bertz CT molecular complexity index is 662. The summed E-state index contributed by atoms with van der Waals surface area (Å²) in [6.45, 7) is 9.55. The van der Waals surface area contributed by atoms with Gasteiger partial charge in [-0.05, 0) is 37.6 Å². The highest BCUT2D eigenvalue weighted by molar-refractivity contribution is 6.30. The monoisotopic (exact) mass is 424 g/mol. The van der Waals surface area contributed by atoms with Crippen molar-refractivity contribution in [2.24, 2.45) is 0 Å². The lowest BCUT2D eigenvalue weighted by atomic mass is 10.1. The van der Waals surface area contributed by atoms with Gasteiger partial charge in [0.15, 0.2) is 17.4 Å². The van der Waals surface area contributed by atoms with Crippen molar-refractivity contribution in [3.8, 4) is 0 Å². The Kier molecular flexibility index (Phi) is 9.60. The van der Waals surface area contributed by atoms with E-state index in [1.807, 2.05) is 50.2 Å². The fourth-order valence-electron chi connectivity index (χ4n) is 3.32. The molecule has 0 saturated carbocycles. The lowest BCUT2D eigenvalue weighted by molar-refractivity contribution is -0.288. The fraction of sp³-hybridized carbons (Fsp3) is 0.478. The summed E-state index contributed by atoms with van der Waals surface area (Å²) in [5.74, 6) is -0.304. The molecule has 0 unspecified atom stereocenters. The lowest BCUT2D eigenvalue weighted by Crippen LogP contribution is -2.32. The smallest absolute Gasteiger partial charge is 0.225 e. The van der Waals surface area contributed by atoms with Crippen LogP contribution in [0.25, 0.3) is 0 Å². The number of hydrogen-bond acceptors (Lipinski definition) is 3. The van der Waals surface area contributed by atoms with E-state index in [0.29, 0.717) is 0 Å². The van der Waals surface area contributed by atoms with Crippen LogP contribution < -0.4 is 4.90 Å². The molecule has 0 aromatic heterocycles. The van der Waals surface area contributed by atoms with Crippen molar-refractivity contribution in [2.75, 3.05) is 31.2 Å². The Morgan fingerprint density at radius 2 is 1.50 bits per heavy atom. The molecule has 4 rings (SSSR count). The molecular weight excluding hydrogens is 393 g/mol. The third kappa shape index (κ3) is 6.97. The van der Waals surface area contributed by atoms with Crippen molar-refractivity contribution >= 4 is 17.3 Å². The van der Waals surface area contributed by atoms with Crippen LogP contribution in [0.3, 0.4) is 0 Å². The number of ether oxygens (including phenoxy) is 2. The van der Waals surface area contributed by atoms with E-state index in [9.17, 15) is 0 Å². The maximum Gasteiger partial charge on any atom is 0.225 e. The molecule has 0 N–H and O–H groups in total. The second kappa shape index (κ2) is 11.7. The Labute approximate surface area is 179 Å². The number of benzene rings is 2. The van der Waals surface area contributed by atoms with Crippen LogP contribution >= 0.6 is 11.6 Å². The summed E-state index contributed by atoms with van der Waals surface area (Å²) in [6, 6.07) is 16.0. The second-order valence-electron chi connectivity index (χ2n) is 6.74. The quantitative estimate of drug-likeness (QED) is 0.577. The predicted molar refractivity (Wildman–Crippen MR) is 115 cm³/mol. The van der Waals surface area contributed by atoms with Crippen molar-refractivity contribution in [3.63, 3.8) is 0 Å². The lowest BCUT2D eigenvalue weighted by Gasteiger charge is -2.26. The summed E-state index contributed by atoms with van der Waals surface area (Å²) in [4.78, 5) is 2.39. The minimum absolute atomic E-state index is 0.304. The number of aryl methyl sites for hydroxylation is 1. The molecule has 28 heavy (non-hydrogen) atoms. The predicted octanol–water partition coefficient (Wildman–Crippen LogP) is 5.79. The third-order valence-corrected chi connectivity index (χ3v) is 5.30. The molecule has 2 heterocycles. The van der Waals surface area contributed by atoms with Gasteiger partial charge in [-0.3, -0.25) is 0 Å². The summed E-state index contributed by atoms with van der Waals surface area (Å²) in [5.41, 5.74) is 2.49. The SMILES string of the molecule is CC.Cc1ccc([ClH+])cc1.Clc1ccc(N2CCCC3(CC2)OCCO3)cc1. The van der Waals surface area contributed by atoms with E-state index in [0.717, 1.165) is 55.6 Å². The van der Waals surface area contributed by atoms with Crippen LogP contribution in [-0.2, 0) is 9.47 Å². The zero-order valence-electron chi connectivity index (χ0n) is 17.1. The highest BCUT2D eigenvalue weighted by atomic mass is 35.5. The molecule has 2 aliphatic rings. The average molecular weight is 425 g/mol. The first-order chi connectivity index (χ1) is 13.6. The summed E-state index contributed by atoms with van der Waals surface area (Å²) < 4.78 is 11.6. The molecular formula is C23H32Cl2NO2+. The van der Waals surface area contributed by atoms with Gasteiger partial charge in [0.25, 0.3) is 0 Å². The number of hydrogen-bond donors (Lipinski definition) is 0. The van der Waals surface area contributed by atoms with Gasteiger partial charge in [-0.15, -0.1) is 0 Å². The molecule has 2 aromatic carbocycles. The van der Waals surface area contributed by atoms with Crippen LogP contribution in [0.1, 0.15) is 38.7 Å². The van der Waals surface area contributed by atoms with Crippen molar-refractivity contribution in [3.05, 3.63) is 64.1 Å². The van der Waals surface area contributed by atoms with Gasteiger partial charge < -0.3 is 14.4 Å². The highest BCUT2D eigenvalue weighted by Gasteiger charge is 2.37. The average Bonchev–Trinajstić information content (AvgIpc) is 3.08. The zero-order chi connectivity index (χ0) is 20.4. The summed E-state index contributed by atoms with van der Waals surface area (Å²) in [5, 5.41) is 1.70. The van der Waals surface area contributed by atoms with E-state index in [1.165, 1.54) is 11.3 Å². The maximum absolute atomic E-state index is 5.92. The van der Waals surface area contributed by atoms with Crippen LogP contribution in [0.5, 0.6) is 0 Å². The van der Waals surface area contributed by atoms with Crippen molar-refractivity contribution in [1.29, 1.82) is 0 Å². The Balaban J connectivity index is 0.000000236. The van der Waals surface area contributed by atoms with E-state index >= 15 is 0 Å². The van der Waals surface area contributed by atoms with E-state index in [-0.39, 0.29) is 5.79 Å². The molecule has 5 heteroatoms. The zero-order valence-corrected chi connectivity index (χ0v) is 18.7. The van der Waals surface area contributed by atoms with E-state index in [4.69, 9.17) is 32.7 Å². The van der Waals surface area contributed by atoms with E-state index < -0.39 is 0 Å². The summed E-state index contributed by atoms with van der Waals surface area (Å²) in [6.07, 6.45) is 3.04. The summed E-state index contributed by atoms with van der Waals surface area (Å²) in [7, 11) is 0. The van der Waals surface area contributed by atoms with Gasteiger partial charge in [-0.25, -0.2) is 0 Å². The Hall–Kier alpha value is -1.26. The topological polar surface area (TPSA) is 21.7 Å². The summed E-state index contributed by atoms with van der Waals surface area (Å²) >= 11 is 10.8. The molecule has 154 valence electrons. The normalized spacial score (nSPS) is 17.8. The first-order valence-corrected chi connectivity index (χ1v) is 10.9. The second-order valence-corrected chi connectivity index (χ2v) is 7.65. The number of anilines is 1. The third-order valence-electron chi connectivity index (χ3n) is 4.77. The van der Waals surface area contributed by atoms with Crippen LogP contribution in [0.2, 0.25) is 10.0 Å². The molecule has 0 radical (unpaired) electrons. The first-order valence-electron chi connectivity index (χ1n) is 10.1.